The van der Waals surface area contributed by atoms with Gasteiger partial charge in [0.05, 0.1) is 12.2 Å². The number of aromatic nitrogens is 4. The maximum atomic E-state index is 12.3. The van der Waals surface area contributed by atoms with Crippen molar-refractivity contribution in [2.75, 3.05) is 13.1 Å². The molecule has 0 aliphatic carbocycles. The first kappa shape index (κ1) is 16.9. The largest absolute Gasteiger partial charge is 0.471 e. The summed E-state index contributed by atoms with van der Waals surface area (Å²) in [5, 5.41) is 7.90. The number of likely N-dealkylation sites (tertiary alicyclic amines) is 1. The average molecular weight is 345 g/mol. The van der Waals surface area contributed by atoms with Gasteiger partial charge in [0.25, 0.3) is 5.56 Å². The Balaban J connectivity index is 1.51. The topological polar surface area (TPSA) is 110 Å². The van der Waals surface area contributed by atoms with Gasteiger partial charge in [-0.1, -0.05) is 0 Å². The van der Waals surface area contributed by atoms with E-state index in [2.05, 4.69) is 15.2 Å². The number of hydrogen-bond acceptors (Lipinski definition) is 6. The third-order valence-electron chi connectivity index (χ3n) is 4.02. The Morgan fingerprint density at radius 2 is 2.16 bits per heavy atom. The molecule has 1 aliphatic rings. The van der Waals surface area contributed by atoms with Crippen LogP contribution >= 0.6 is 0 Å². The number of H-pyrrole nitrogens is 1. The van der Waals surface area contributed by atoms with Gasteiger partial charge in [-0.25, -0.2) is 4.79 Å². The first-order valence-electron chi connectivity index (χ1n) is 8.06. The van der Waals surface area contributed by atoms with E-state index in [9.17, 15) is 14.4 Å². The van der Waals surface area contributed by atoms with E-state index >= 15 is 0 Å². The van der Waals surface area contributed by atoms with Gasteiger partial charge >= 0.3 is 5.69 Å². The molecule has 0 aromatic carbocycles. The summed E-state index contributed by atoms with van der Waals surface area (Å²) in [6.45, 7) is 3.15. The molecule has 1 fully saturated rings. The van der Waals surface area contributed by atoms with Gasteiger partial charge in [0.2, 0.25) is 11.8 Å². The van der Waals surface area contributed by atoms with Crippen LogP contribution < -0.4 is 16.0 Å². The summed E-state index contributed by atoms with van der Waals surface area (Å²) in [4.78, 5) is 38.8. The Labute approximate surface area is 143 Å². The Morgan fingerprint density at radius 1 is 1.32 bits per heavy atom. The lowest BCUT2D eigenvalue weighted by molar-refractivity contribution is -0.130. The average Bonchev–Trinajstić information content (AvgIpc) is 3.04. The van der Waals surface area contributed by atoms with Gasteiger partial charge in [-0.05, 0) is 13.0 Å². The first-order chi connectivity index (χ1) is 12.0. The molecule has 1 saturated heterocycles. The molecule has 2 aromatic heterocycles. The third-order valence-corrected chi connectivity index (χ3v) is 4.02. The zero-order chi connectivity index (χ0) is 17.8. The molecule has 132 valence electrons. The van der Waals surface area contributed by atoms with Crippen LogP contribution in [0.15, 0.2) is 34.0 Å². The van der Waals surface area contributed by atoms with Gasteiger partial charge in [-0.3, -0.25) is 14.6 Å². The molecule has 1 aliphatic heterocycles. The van der Waals surface area contributed by atoms with E-state index in [-0.39, 0.29) is 25.0 Å². The number of ether oxygens (including phenoxy) is 1. The molecule has 1 atom stereocenters. The molecule has 9 heteroatoms. The molecule has 25 heavy (non-hydrogen) atoms. The van der Waals surface area contributed by atoms with Gasteiger partial charge in [-0.15, -0.1) is 5.10 Å². The molecule has 0 unspecified atom stereocenters. The highest BCUT2D eigenvalue weighted by atomic mass is 16.5. The molecular formula is C16H19N5O4. The van der Waals surface area contributed by atoms with Gasteiger partial charge < -0.3 is 14.2 Å². The predicted octanol–water partition coefficient (Wildman–Crippen LogP) is -0.295. The number of carbonyl (C=O) groups excluding carboxylic acids is 1. The SMILES string of the molecule is Cc1ccc(O[C@@H]2CCN(C(=O)CCn3ccc(=O)[nH]c3=O)C2)nn1. The molecule has 0 spiro atoms. The van der Waals surface area contributed by atoms with Crippen molar-refractivity contribution in [3.63, 3.8) is 0 Å². The standard InChI is InChI=1S/C16H19N5O4/c1-11-2-3-14(19-18-11)25-12-4-7-21(10-12)15(23)6-9-20-8-5-13(22)17-16(20)24/h2-3,5,8,12H,4,6-7,9-10H2,1H3,(H,17,22,24)/t12-/m1/s1. The summed E-state index contributed by atoms with van der Waals surface area (Å²) in [5.74, 6) is 0.392. The molecule has 0 radical (unpaired) electrons. The molecule has 0 saturated carbocycles. The number of aryl methyl sites for hydroxylation is 2. The highest BCUT2D eigenvalue weighted by Gasteiger charge is 2.27. The lowest BCUT2D eigenvalue weighted by atomic mass is 10.3. The number of amides is 1. The number of carbonyl (C=O) groups is 1. The summed E-state index contributed by atoms with van der Waals surface area (Å²) < 4.78 is 7.05. The summed E-state index contributed by atoms with van der Waals surface area (Å²) in [7, 11) is 0. The van der Waals surface area contributed by atoms with Gasteiger partial charge in [0.1, 0.15) is 6.10 Å². The number of hydrogen-bond donors (Lipinski definition) is 1. The summed E-state index contributed by atoms with van der Waals surface area (Å²) in [5.41, 5.74) is -0.153. The summed E-state index contributed by atoms with van der Waals surface area (Å²) in [6.07, 6.45) is 2.18. The highest BCUT2D eigenvalue weighted by molar-refractivity contribution is 5.76. The van der Waals surface area contributed by atoms with Crippen LogP contribution in [0, 0.1) is 6.92 Å². The minimum atomic E-state index is -0.513. The smallest absolute Gasteiger partial charge is 0.328 e. The van der Waals surface area contributed by atoms with Crippen molar-refractivity contribution in [2.24, 2.45) is 0 Å². The fraction of sp³-hybridized carbons (Fsp3) is 0.438. The van der Waals surface area contributed by atoms with Crippen LogP contribution in [-0.4, -0.2) is 49.7 Å². The Hall–Kier alpha value is -2.97. The van der Waals surface area contributed by atoms with E-state index in [1.54, 1.807) is 11.0 Å². The van der Waals surface area contributed by atoms with Gasteiger partial charge in [0.15, 0.2) is 0 Å². The minimum Gasteiger partial charge on any atom is -0.471 e. The van der Waals surface area contributed by atoms with Crippen molar-refractivity contribution in [1.82, 2.24) is 24.6 Å². The second-order valence-electron chi connectivity index (χ2n) is 5.93. The molecule has 3 rings (SSSR count). The van der Waals surface area contributed by atoms with Crippen LogP contribution in [0.2, 0.25) is 0 Å². The zero-order valence-corrected chi connectivity index (χ0v) is 13.8. The van der Waals surface area contributed by atoms with Crippen LogP contribution in [0.1, 0.15) is 18.5 Å². The number of nitrogens with one attached hydrogen (secondary N) is 1. The normalized spacial score (nSPS) is 16.8. The van der Waals surface area contributed by atoms with Gasteiger partial charge in [-0.2, -0.15) is 5.10 Å². The lowest BCUT2D eigenvalue weighted by Crippen LogP contribution is -2.34. The molecule has 1 amide bonds. The fourth-order valence-corrected chi connectivity index (χ4v) is 2.67. The van der Waals surface area contributed by atoms with Crippen molar-refractivity contribution in [1.29, 1.82) is 0 Å². The number of aromatic amines is 1. The quantitative estimate of drug-likeness (QED) is 0.797. The molecule has 1 N–H and O–H groups in total. The molecule has 3 heterocycles. The van der Waals surface area contributed by atoms with Crippen molar-refractivity contribution < 1.29 is 9.53 Å². The van der Waals surface area contributed by atoms with Crippen LogP contribution in [0.3, 0.4) is 0 Å². The van der Waals surface area contributed by atoms with Crippen molar-refractivity contribution in [3.8, 4) is 5.88 Å². The van der Waals surface area contributed by atoms with Crippen LogP contribution in [0.25, 0.3) is 0 Å². The predicted molar refractivity (Wildman–Crippen MR) is 88.3 cm³/mol. The second-order valence-corrected chi connectivity index (χ2v) is 5.93. The molecule has 0 bridgehead atoms. The maximum Gasteiger partial charge on any atom is 0.328 e. The van der Waals surface area contributed by atoms with Crippen LogP contribution in [0.5, 0.6) is 5.88 Å². The fourth-order valence-electron chi connectivity index (χ4n) is 2.67. The zero-order valence-electron chi connectivity index (χ0n) is 13.8. The van der Waals surface area contributed by atoms with Crippen LogP contribution in [-0.2, 0) is 11.3 Å². The Morgan fingerprint density at radius 3 is 2.88 bits per heavy atom. The first-order valence-corrected chi connectivity index (χ1v) is 8.06. The number of rotatable bonds is 5. The molecule has 9 nitrogen and oxygen atoms in total. The monoisotopic (exact) mass is 345 g/mol. The lowest BCUT2D eigenvalue weighted by Gasteiger charge is -2.17. The minimum absolute atomic E-state index is 0.0563. The maximum absolute atomic E-state index is 12.3. The van der Waals surface area contributed by atoms with Crippen LogP contribution in [0.4, 0.5) is 0 Å². The van der Waals surface area contributed by atoms with Crippen molar-refractivity contribution in [2.45, 2.75) is 32.4 Å². The van der Waals surface area contributed by atoms with E-state index in [0.717, 1.165) is 12.1 Å². The number of nitrogens with zero attached hydrogens (tertiary/aromatic N) is 4. The van der Waals surface area contributed by atoms with Crippen molar-refractivity contribution in [3.05, 3.63) is 50.9 Å². The third kappa shape index (κ3) is 4.31. The highest BCUT2D eigenvalue weighted by Crippen LogP contribution is 2.16. The van der Waals surface area contributed by atoms with E-state index < -0.39 is 11.2 Å². The van der Waals surface area contributed by atoms with E-state index in [0.29, 0.717) is 19.0 Å². The molecular weight excluding hydrogens is 326 g/mol. The second kappa shape index (κ2) is 7.29. The Kier molecular flexibility index (Phi) is 4.92. The summed E-state index contributed by atoms with van der Waals surface area (Å²) >= 11 is 0. The van der Waals surface area contributed by atoms with E-state index in [1.165, 1.54) is 16.8 Å². The van der Waals surface area contributed by atoms with Gasteiger partial charge in [0, 0.05) is 44.3 Å². The van der Waals surface area contributed by atoms with Crippen molar-refractivity contribution >= 4 is 5.91 Å². The van der Waals surface area contributed by atoms with E-state index in [1.807, 2.05) is 13.0 Å². The Bertz CT molecular complexity index is 858. The van der Waals surface area contributed by atoms with E-state index in [4.69, 9.17) is 4.74 Å². The molecule has 2 aromatic rings. The summed E-state index contributed by atoms with van der Waals surface area (Å²) in [6, 6.07) is 4.84.